The molecule has 1 rings (SSSR count). The van der Waals surface area contributed by atoms with Crippen LogP contribution in [0.5, 0.6) is 0 Å². The van der Waals surface area contributed by atoms with Gasteiger partial charge in [-0.15, -0.1) is 0 Å². The molecule has 0 aromatic rings. The quantitative estimate of drug-likeness (QED) is 0.689. The van der Waals surface area contributed by atoms with E-state index in [2.05, 4.69) is 5.32 Å². The summed E-state index contributed by atoms with van der Waals surface area (Å²) in [4.78, 5) is 25.3. The Hall–Kier alpha value is -1.30. The highest BCUT2D eigenvalue weighted by Gasteiger charge is 2.24. The molecule has 0 aromatic carbocycles. The standard InChI is InChI=1S/C14H27N3O3/c1-2-20-14(19)16-12-7-6-10-17(11-12)13(18)8-4-3-5-9-15/h12H,2-11,15H2,1H3,(H,16,19). The van der Waals surface area contributed by atoms with Gasteiger partial charge in [0, 0.05) is 25.6 Å². The van der Waals surface area contributed by atoms with E-state index in [-0.39, 0.29) is 11.9 Å². The first-order valence-corrected chi connectivity index (χ1v) is 7.58. The van der Waals surface area contributed by atoms with Crippen LogP contribution in [-0.2, 0) is 9.53 Å². The number of piperidine rings is 1. The number of amides is 2. The number of alkyl carbamates (subject to hydrolysis) is 1. The second-order valence-electron chi connectivity index (χ2n) is 5.14. The van der Waals surface area contributed by atoms with Crippen LogP contribution in [0.25, 0.3) is 0 Å². The van der Waals surface area contributed by atoms with Crippen LogP contribution in [-0.4, -0.2) is 49.2 Å². The lowest BCUT2D eigenvalue weighted by atomic mass is 10.0. The molecule has 0 saturated carbocycles. The average molecular weight is 285 g/mol. The van der Waals surface area contributed by atoms with E-state index in [1.165, 1.54) is 0 Å². The molecule has 1 atom stereocenters. The minimum absolute atomic E-state index is 0.00999. The van der Waals surface area contributed by atoms with Crippen molar-refractivity contribution in [1.82, 2.24) is 10.2 Å². The molecule has 1 fully saturated rings. The number of likely N-dealkylation sites (tertiary alicyclic amines) is 1. The first-order valence-electron chi connectivity index (χ1n) is 7.58. The summed E-state index contributed by atoms with van der Waals surface area (Å²) in [5, 5.41) is 2.81. The van der Waals surface area contributed by atoms with E-state index in [9.17, 15) is 9.59 Å². The third-order valence-corrected chi connectivity index (χ3v) is 3.47. The second kappa shape index (κ2) is 9.58. The molecule has 6 heteroatoms. The van der Waals surface area contributed by atoms with Crippen LogP contribution < -0.4 is 11.1 Å². The van der Waals surface area contributed by atoms with Crippen molar-refractivity contribution < 1.29 is 14.3 Å². The Bertz CT molecular complexity index is 310. The molecule has 6 nitrogen and oxygen atoms in total. The number of nitrogens with zero attached hydrogens (tertiary/aromatic N) is 1. The van der Waals surface area contributed by atoms with Gasteiger partial charge in [0.2, 0.25) is 5.91 Å². The van der Waals surface area contributed by atoms with Crippen molar-refractivity contribution in [2.75, 3.05) is 26.2 Å². The van der Waals surface area contributed by atoms with E-state index in [1.807, 2.05) is 4.90 Å². The van der Waals surface area contributed by atoms with Crippen LogP contribution in [0.15, 0.2) is 0 Å². The molecule has 20 heavy (non-hydrogen) atoms. The second-order valence-corrected chi connectivity index (χ2v) is 5.14. The van der Waals surface area contributed by atoms with Crippen LogP contribution in [0, 0.1) is 0 Å². The summed E-state index contributed by atoms with van der Waals surface area (Å²) in [6.07, 6.45) is 4.87. The molecule has 0 radical (unpaired) electrons. The summed E-state index contributed by atoms with van der Waals surface area (Å²) in [5.41, 5.74) is 5.43. The highest BCUT2D eigenvalue weighted by atomic mass is 16.5. The van der Waals surface area contributed by atoms with Crippen LogP contribution >= 0.6 is 0 Å². The topological polar surface area (TPSA) is 84.7 Å². The molecule has 3 N–H and O–H groups in total. The molecule has 1 saturated heterocycles. The zero-order chi connectivity index (χ0) is 14.8. The summed E-state index contributed by atoms with van der Waals surface area (Å²) in [5.74, 6) is 0.178. The number of hydrogen-bond acceptors (Lipinski definition) is 4. The molecule has 0 bridgehead atoms. The Kier molecular flexibility index (Phi) is 8.02. The summed E-state index contributed by atoms with van der Waals surface area (Å²) in [6.45, 7) is 4.20. The maximum atomic E-state index is 12.1. The van der Waals surface area contributed by atoms with E-state index in [0.717, 1.165) is 38.6 Å². The van der Waals surface area contributed by atoms with Gasteiger partial charge in [-0.3, -0.25) is 4.79 Å². The first kappa shape index (κ1) is 16.8. The fraction of sp³-hybridized carbons (Fsp3) is 0.857. The highest BCUT2D eigenvalue weighted by Crippen LogP contribution is 2.13. The largest absolute Gasteiger partial charge is 0.450 e. The Morgan fingerprint density at radius 3 is 2.85 bits per heavy atom. The Balaban J connectivity index is 2.28. The smallest absolute Gasteiger partial charge is 0.407 e. The number of ether oxygens (including phenoxy) is 1. The summed E-state index contributed by atoms with van der Waals surface area (Å²) in [7, 11) is 0. The fourth-order valence-corrected chi connectivity index (χ4v) is 2.42. The maximum Gasteiger partial charge on any atom is 0.407 e. The molecular formula is C14H27N3O3. The first-order chi connectivity index (χ1) is 9.67. The number of nitrogens with two attached hydrogens (primary N) is 1. The van der Waals surface area contributed by atoms with Gasteiger partial charge in [0.05, 0.1) is 6.61 Å². The molecule has 116 valence electrons. The lowest BCUT2D eigenvalue weighted by molar-refractivity contribution is -0.132. The van der Waals surface area contributed by atoms with Crippen molar-refractivity contribution in [2.24, 2.45) is 5.73 Å². The number of rotatable bonds is 7. The van der Waals surface area contributed by atoms with Crippen molar-refractivity contribution >= 4 is 12.0 Å². The third-order valence-electron chi connectivity index (χ3n) is 3.47. The summed E-state index contributed by atoms with van der Waals surface area (Å²) < 4.78 is 4.87. The minimum Gasteiger partial charge on any atom is -0.450 e. The molecule has 1 unspecified atom stereocenters. The molecule has 0 spiro atoms. The molecule has 0 aromatic heterocycles. The van der Waals surface area contributed by atoms with Crippen molar-refractivity contribution in [3.63, 3.8) is 0 Å². The minimum atomic E-state index is -0.394. The molecular weight excluding hydrogens is 258 g/mol. The molecule has 1 heterocycles. The van der Waals surface area contributed by atoms with Gasteiger partial charge >= 0.3 is 6.09 Å². The Labute approximate surface area is 121 Å². The van der Waals surface area contributed by atoms with Crippen LogP contribution in [0.2, 0.25) is 0 Å². The van der Waals surface area contributed by atoms with E-state index in [0.29, 0.717) is 26.1 Å². The van der Waals surface area contributed by atoms with Gasteiger partial charge < -0.3 is 20.7 Å². The van der Waals surface area contributed by atoms with Gasteiger partial charge in [0.25, 0.3) is 0 Å². The van der Waals surface area contributed by atoms with Gasteiger partial charge in [-0.1, -0.05) is 6.42 Å². The zero-order valence-corrected chi connectivity index (χ0v) is 12.4. The van der Waals surface area contributed by atoms with Crippen molar-refractivity contribution in [2.45, 2.75) is 51.5 Å². The van der Waals surface area contributed by atoms with E-state index in [1.54, 1.807) is 6.92 Å². The fourth-order valence-electron chi connectivity index (χ4n) is 2.42. The van der Waals surface area contributed by atoms with Crippen LogP contribution in [0.3, 0.4) is 0 Å². The molecule has 1 aliphatic heterocycles. The van der Waals surface area contributed by atoms with Gasteiger partial charge in [-0.25, -0.2) is 4.79 Å². The predicted molar refractivity (Wildman–Crippen MR) is 77.3 cm³/mol. The van der Waals surface area contributed by atoms with Gasteiger partial charge in [-0.2, -0.15) is 0 Å². The summed E-state index contributed by atoms with van der Waals surface area (Å²) in [6, 6.07) is 0.00999. The average Bonchev–Trinajstić information content (AvgIpc) is 2.44. The normalized spacial score (nSPS) is 18.7. The third kappa shape index (κ3) is 6.23. The molecule has 2 amide bonds. The molecule has 1 aliphatic rings. The van der Waals surface area contributed by atoms with Gasteiger partial charge in [0.1, 0.15) is 0 Å². The number of carbonyl (C=O) groups is 2. The number of unbranched alkanes of at least 4 members (excludes halogenated alkanes) is 2. The highest BCUT2D eigenvalue weighted by molar-refractivity contribution is 5.76. The lowest BCUT2D eigenvalue weighted by Gasteiger charge is -2.33. The number of hydrogen-bond donors (Lipinski definition) is 2. The van der Waals surface area contributed by atoms with E-state index >= 15 is 0 Å². The number of nitrogens with one attached hydrogen (secondary N) is 1. The van der Waals surface area contributed by atoms with Crippen molar-refractivity contribution in [3.8, 4) is 0 Å². The SMILES string of the molecule is CCOC(=O)NC1CCCN(C(=O)CCCCCN)C1. The number of carbonyl (C=O) groups excluding carboxylic acids is 2. The monoisotopic (exact) mass is 285 g/mol. The molecule has 0 aliphatic carbocycles. The summed E-state index contributed by atoms with van der Waals surface area (Å²) >= 11 is 0. The lowest BCUT2D eigenvalue weighted by Crippen LogP contribution is -2.49. The predicted octanol–water partition coefficient (Wildman–Crippen LogP) is 1.24. The Morgan fingerprint density at radius 2 is 2.15 bits per heavy atom. The van der Waals surface area contributed by atoms with Crippen LogP contribution in [0.1, 0.15) is 45.4 Å². The van der Waals surface area contributed by atoms with Gasteiger partial charge in [0.15, 0.2) is 0 Å². The van der Waals surface area contributed by atoms with Crippen molar-refractivity contribution in [3.05, 3.63) is 0 Å². The maximum absolute atomic E-state index is 12.1. The van der Waals surface area contributed by atoms with E-state index in [4.69, 9.17) is 10.5 Å². The van der Waals surface area contributed by atoms with Gasteiger partial charge in [-0.05, 0) is 39.2 Å². The van der Waals surface area contributed by atoms with Crippen LogP contribution in [0.4, 0.5) is 4.79 Å². The van der Waals surface area contributed by atoms with Crippen molar-refractivity contribution in [1.29, 1.82) is 0 Å². The Morgan fingerprint density at radius 1 is 1.35 bits per heavy atom. The van der Waals surface area contributed by atoms with E-state index < -0.39 is 6.09 Å². The zero-order valence-electron chi connectivity index (χ0n) is 12.4.